The SMILES string of the molecule is C[C@@H](O)[C@H](NN[C@@H](COP(=O)(O)O)C(=O)O)C(=O)O. The zero-order valence-corrected chi connectivity index (χ0v) is 10.6. The number of carboxylic acid groups (broad SMARTS) is 2. The summed E-state index contributed by atoms with van der Waals surface area (Å²) in [6.07, 6.45) is -1.33. The van der Waals surface area contributed by atoms with Gasteiger partial charge in [-0.2, -0.15) is 0 Å². The molecule has 0 aromatic carbocycles. The molecule has 0 fully saturated rings. The second kappa shape index (κ2) is 7.50. The lowest BCUT2D eigenvalue weighted by Gasteiger charge is -2.21. The van der Waals surface area contributed by atoms with Crippen molar-refractivity contribution < 1.29 is 43.8 Å². The number of aliphatic carboxylic acids is 2. The summed E-state index contributed by atoms with van der Waals surface area (Å²) < 4.78 is 14.4. The molecule has 11 nitrogen and oxygen atoms in total. The first kappa shape index (κ1) is 17.9. The van der Waals surface area contributed by atoms with Crippen molar-refractivity contribution in [1.82, 2.24) is 10.9 Å². The van der Waals surface area contributed by atoms with Gasteiger partial charge in [0.25, 0.3) is 0 Å². The average molecular weight is 302 g/mol. The van der Waals surface area contributed by atoms with Gasteiger partial charge < -0.3 is 25.1 Å². The Hall–Kier alpha value is -1.07. The van der Waals surface area contributed by atoms with Crippen molar-refractivity contribution >= 4 is 19.8 Å². The summed E-state index contributed by atoms with van der Waals surface area (Å²) in [5.74, 6) is -2.97. The van der Waals surface area contributed by atoms with Crippen LogP contribution in [0.15, 0.2) is 0 Å². The molecular formula is C7H15N2O9P. The highest BCUT2D eigenvalue weighted by molar-refractivity contribution is 7.46. The molecule has 0 aliphatic heterocycles. The van der Waals surface area contributed by atoms with Gasteiger partial charge in [0.15, 0.2) is 0 Å². The van der Waals surface area contributed by atoms with Crippen LogP contribution in [-0.4, -0.2) is 61.8 Å². The molecule has 3 atom stereocenters. The van der Waals surface area contributed by atoms with Gasteiger partial charge in [0.05, 0.1) is 12.7 Å². The summed E-state index contributed by atoms with van der Waals surface area (Å²) in [6.45, 7) is 0.258. The molecule has 112 valence electrons. The fourth-order valence-electron chi connectivity index (χ4n) is 0.925. The standard InChI is InChI=1S/C7H15N2O9P/c1-3(10)5(7(13)14)9-8-4(6(11)12)2-18-19(15,16)17/h3-5,8-10H,2H2,1H3,(H,11,12)(H,13,14)(H2,15,16,17)/t3-,4+,5+/m1/s1. The molecule has 0 saturated carbocycles. The fourth-order valence-corrected chi connectivity index (χ4v) is 1.27. The zero-order valence-electron chi connectivity index (χ0n) is 9.76. The van der Waals surface area contributed by atoms with Crippen LogP contribution in [-0.2, 0) is 18.7 Å². The lowest BCUT2D eigenvalue weighted by Crippen LogP contribution is -2.57. The van der Waals surface area contributed by atoms with Gasteiger partial charge in [-0.1, -0.05) is 0 Å². The van der Waals surface area contributed by atoms with E-state index in [0.717, 1.165) is 6.92 Å². The van der Waals surface area contributed by atoms with Crippen molar-refractivity contribution in [2.24, 2.45) is 0 Å². The van der Waals surface area contributed by atoms with Crippen LogP contribution < -0.4 is 10.9 Å². The smallest absolute Gasteiger partial charge is 0.469 e. The van der Waals surface area contributed by atoms with Crippen molar-refractivity contribution in [3.8, 4) is 0 Å². The van der Waals surface area contributed by atoms with Crippen LogP contribution in [0.2, 0.25) is 0 Å². The van der Waals surface area contributed by atoms with E-state index in [-0.39, 0.29) is 0 Å². The van der Waals surface area contributed by atoms with Crippen molar-refractivity contribution in [3.05, 3.63) is 0 Å². The molecule has 0 aromatic rings. The third kappa shape index (κ3) is 7.85. The Morgan fingerprint density at radius 1 is 1.21 bits per heavy atom. The Morgan fingerprint density at radius 2 is 1.74 bits per heavy atom. The third-order valence-corrected chi connectivity index (χ3v) is 2.35. The molecule has 0 spiro atoms. The number of hydrogen-bond acceptors (Lipinski definition) is 7. The van der Waals surface area contributed by atoms with Crippen LogP contribution >= 0.6 is 7.82 Å². The maximum Gasteiger partial charge on any atom is 0.469 e. The summed E-state index contributed by atoms with van der Waals surface area (Å²) >= 11 is 0. The summed E-state index contributed by atoms with van der Waals surface area (Å²) in [5.41, 5.74) is 4.02. The van der Waals surface area contributed by atoms with Crippen molar-refractivity contribution in [3.63, 3.8) is 0 Å². The molecule has 0 aliphatic rings. The van der Waals surface area contributed by atoms with Crippen molar-refractivity contribution in [1.29, 1.82) is 0 Å². The van der Waals surface area contributed by atoms with Gasteiger partial charge in [-0.3, -0.25) is 14.1 Å². The van der Waals surface area contributed by atoms with Gasteiger partial charge in [-0.15, -0.1) is 0 Å². The third-order valence-electron chi connectivity index (χ3n) is 1.87. The average Bonchev–Trinajstić information content (AvgIpc) is 2.19. The van der Waals surface area contributed by atoms with Crippen LogP contribution in [0.5, 0.6) is 0 Å². The summed E-state index contributed by atoms with van der Waals surface area (Å²) in [6, 6.07) is -3.12. The number of carbonyl (C=O) groups is 2. The van der Waals surface area contributed by atoms with Gasteiger partial charge in [0.2, 0.25) is 0 Å². The maximum absolute atomic E-state index is 10.7. The van der Waals surface area contributed by atoms with Crippen LogP contribution in [0.25, 0.3) is 0 Å². The highest BCUT2D eigenvalue weighted by Gasteiger charge is 2.27. The van der Waals surface area contributed by atoms with Crippen LogP contribution in [0.1, 0.15) is 6.92 Å². The highest BCUT2D eigenvalue weighted by Crippen LogP contribution is 2.35. The predicted molar refractivity (Wildman–Crippen MR) is 58.8 cm³/mol. The number of nitrogens with one attached hydrogen (secondary N) is 2. The second-order valence-electron chi connectivity index (χ2n) is 3.52. The summed E-state index contributed by atoms with van der Waals surface area (Å²) in [7, 11) is -4.84. The quantitative estimate of drug-likeness (QED) is 0.176. The Kier molecular flexibility index (Phi) is 7.08. The Balaban J connectivity index is 4.47. The summed E-state index contributed by atoms with van der Waals surface area (Å²) in [4.78, 5) is 38.2. The van der Waals surface area contributed by atoms with Gasteiger partial charge in [-0.05, 0) is 6.92 Å². The first-order valence-electron chi connectivity index (χ1n) is 4.89. The minimum atomic E-state index is -4.84. The van der Waals surface area contributed by atoms with Gasteiger partial charge in [0, 0.05) is 0 Å². The number of hydrazine groups is 1. The van der Waals surface area contributed by atoms with E-state index in [0.29, 0.717) is 0 Å². The van der Waals surface area contributed by atoms with Gasteiger partial charge >= 0.3 is 19.8 Å². The normalized spacial score (nSPS) is 16.6. The zero-order chi connectivity index (χ0) is 15.2. The molecule has 0 bridgehead atoms. The lowest BCUT2D eigenvalue weighted by atomic mass is 10.2. The summed E-state index contributed by atoms with van der Waals surface area (Å²) in [5, 5.41) is 26.5. The van der Waals surface area contributed by atoms with E-state index >= 15 is 0 Å². The number of carboxylic acids is 2. The molecule has 0 amide bonds. The predicted octanol–water partition coefficient (Wildman–Crippen LogP) is -2.52. The van der Waals surface area contributed by atoms with E-state index < -0.39 is 44.6 Å². The molecule has 7 N–H and O–H groups in total. The number of rotatable bonds is 9. The van der Waals surface area contributed by atoms with Crippen molar-refractivity contribution in [2.75, 3.05) is 6.61 Å². The minimum Gasteiger partial charge on any atom is -0.480 e. The molecule has 12 heteroatoms. The highest BCUT2D eigenvalue weighted by atomic mass is 31.2. The molecule has 0 aromatic heterocycles. The van der Waals surface area contributed by atoms with Crippen LogP contribution in [0, 0.1) is 0 Å². The second-order valence-corrected chi connectivity index (χ2v) is 4.76. The molecule has 0 heterocycles. The molecule has 19 heavy (non-hydrogen) atoms. The Morgan fingerprint density at radius 3 is 2.05 bits per heavy atom. The number of aliphatic hydroxyl groups excluding tert-OH is 1. The molecule has 0 aliphatic carbocycles. The number of hydrogen-bond donors (Lipinski definition) is 7. The minimum absolute atomic E-state index is 0.904. The number of phosphoric acid groups is 1. The van der Waals surface area contributed by atoms with Gasteiger partial charge in [0.1, 0.15) is 12.1 Å². The Labute approximate surface area is 107 Å². The first-order valence-corrected chi connectivity index (χ1v) is 6.42. The van der Waals surface area contributed by atoms with E-state index in [9.17, 15) is 14.2 Å². The van der Waals surface area contributed by atoms with E-state index in [2.05, 4.69) is 4.52 Å². The van der Waals surface area contributed by atoms with E-state index in [1.165, 1.54) is 0 Å². The number of aliphatic hydroxyl groups is 1. The topological polar surface area (TPSA) is 186 Å². The fraction of sp³-hybridized carbons (Fsp3) is 0.714. The molecule has 0 unspecified atom stereocenters. The maximum atomic E-state index is 10.7. The van der Waals surface area contributed by atoms with Crippen LogP contribution in [0.4, 0.5) is 0 Å². The lowest BCUT2D eigenvalue weighted by molar-refractivity contribution is -0.145. The molecule has 0 rings (SSSR count). The molecule has 0 saturated heterocycles. The van der Waals surface area contributed by atoms with E-state index in [1.807, 2.05) is 10.9 Å². The molecule has 0 radical (unpaired) electrons. The van der Waals surface area contributed by atoms with Gasteiger partial charge in [-0.25, -0.2) is 15.4 Å². The van der Waals surface area contributed by atoms with Crippen molar-refractivity contribution in [2.45, 2.75) is 25.1 Å². The van der Waals surface area contributed by atoms with Crippen LogP contribution in [0.3, 0.4) is 0 Å². The number of phosphoric ester groups is 1. The van der Waals surface area contributed by atoms with E-state index in [4.69, 9.17) is 25.1 Å². The largest absolute Gasteiger partial charge is 0.480 e. The Bertz CT molecular complexity index is 368. The molecular weight excluding hydrogens is 287 g/mol. The first-order chi connectivity index (χ1) is 8.54. The van der Waals surface area contributed by atoms with E-state index in [1.54, 1.807) is 0 Å². The monoisotopic (exact) mass is 302 g/mol.